The third-order valence-corrected chi connectivity index (χ3v) is 3.61. The van der Waals surface area contributed by atoms with E-state index in [-0.39, 0.29) is 5.41 Å². The molecule has 1 aromatic rings. The normalized spacial score (nSPS) is 11.7. The number of hydrogen-bond acceptors (Lipinski definition) is 2. The van der Waals surface area contributed by atoms with Crippen molar-refractivity contribution >= 4 is 0 Å². The Kier molecular flexibility index (Phi) is 6.54. The predicted octanol–water partition coefficient (Wildman–Crippen LogP) is 4.36. The van der Waals surface area contributed by atoms with Gasteiger partial charge in [-0.25, -0.2) is 0 Å². The average molecular weight is 277 g/mol. The van der Waals surface area contributed by atoms with E-state index >= 15 is 0 Å². The summed E-state index contributed by atoms with van der Waals surface area (Å²) in [4.78, 5) is 0. The van der Waals surface area contributed by atoms with Gasteiger partial charge in [0.2, 0.25) is 0 Å². The summed E-state index contributed by atoms with van der Waals surface area (Å²) in [7, 11) is 0. The summed E-state index contributed by atoms with van der Waals surface area (Å²) in [5.41, 5.74) is 9.80. The first-order chi connectivity index (χ1) is 9.40. The highest BCUT2D eigenvalue weighted by Gasteiger charge is 2.19. The van der Waals surface area contributed by atoms with Gasteiger partial charge in [0, 0.05) is 0 Å². The summed E-state index contributed by atoms with van der Waals surface area (Å²) in [5, 5.41) is 0. The molecule has 0 saturated heterocycles. The minimum absolute atomic E-state index is 0.151. The van der Waals surface area contributed by atoms with Crippen LogP contribution in [0.2, 0.25) is 0 Å². The van der Waals surface area contributed by atoms with Crippen molar-refractivity contribution in [3.63, 3.8) is 0 Å². The molecule has 0 saturated carbocycles. The minimum Gasteiger partial charge on any atom is -0.493 e. The second-order valence-corrected chi connectivity index (χ2v) is 6.61. The fourth-order valence-corrected chi connectivity index (χ4v) is 2.50. The summed E-state index contributed by atoms with van der Waals surface area (Å²) in [5.74, 6) is 1.06. The van der Waals surface area contributed by atoms with Crippen LogP contribution in [0.3, 0.4) is 0 Å². The van der Waals surface area contributed by atoms with Gasteiger partial charge in [-0.05, 0) is 67.3 Å². The number of ether oxygens (including phenoxy) is 1. The van der Waals surface area contributed by atoms with Crippen molar-refractivity contribution in [3.05, 3.63) is 28.8 Å². The lowest BCUT2D eigenvalue weighted by molar-refractivity contribution is 0.314. The highest BCUT2D eigenvalue weighted by atomic mass is 16.5. The van der Waals surface area contributed by atoms with Gasteiger partial charge in [-0.1, -0.05) is 33.8 Å². The van der Waals surface area contributed by atoms with Crippen LogP contribution in [0.1, 0.15) is 63.6 Å². The Morgan fingerprint density at radius 3 is 2.40 bits per heavy atom. The smallest absolute Gasteiger partial charge is 0.122 e. The topological polar surface area (TPSA) is 35.2 Å². The van der Waals surface area contributed by atoms with Gasteiger partial charge >= 0.3 is 0 Å². The molecule has 2 heteroatoms. The number of rotatable bonds is 7. The largest absolute Gasteiger partial charge is 0.493 e. The Bertz CT molecular complexity index is 418. The number of aryl methyl sites for hydroxylation is 1. The lowest BCUT2D eigenvalue weighted by atomic mass is 9.82. The molecule has 0 atom stereocenters. The lowest BCUT2D eigenvalue weighted by Gasteiger charge is -2.25. The van der Waals surface area contributed by atoms with Gasteiger partial charge < -0.3 is 10.5 Å². The Labute approximate surface area is 124 Å². The van der Waals surface area contributed by atoms with Crippen molar-refractivity contribution in [3.8, 4) is 5.75 Å². The first-order valence-corrected chi connectivity index (χ1v) is 7.87. The van der Waals surface area contributed by atoms with E-state index in [1.165, 1.54) is 16.7 Å². The van der Waals surface area contributed by atoms with Crippen molar-refractivity contribution < 1.29 is 4.74 Å². The fourth-order valence-electron chi connectivity index (χ4n) is 2.50. The third-order valence-electron chi connectivity index (χ3n) is 3.61. The summed E-state index contributed by atoms with van der Waals surface area (Å²) >= 11 is 0. The van der Waals surface area contributed by atoms with Crippen LogP contribution in [-0.4, -0.2) is 13.2 Å². The van der Waals surface area contributed by atoms with E-state index in [9.17, 15) is 0 Å². The summed E-state index contributed by atoms with van der Waals surface area (Å²) in [6.07, 6.45) is 4.37. The van der Waals surface area contributed by atoms with Crippen molar-refractivity contribution in [2.75, 3.05) is 13.2 Å². The summed E-state index contributed by atoms with van der Waals surface area (Å²) < 4.78 is 5.94. The van der Waals surface area contributed by atoms with E-state index in [1.54, 1.807) is 0 Å². The first-order valence-electron chi connectivity index (χ1n) is 7.87. The summed E-state index contributed by atoms with van der Waals surface area (Å²) in [6.45, 7) is 12.7. The zero-order chi connectivity index (χ0) is 15.2. The molecule has 2 N–H and O–H groups in total. The van der Waals surface area contributed by atoms with Gasteiger partial charge in [-0.15, -0.1) is 0 Å². The van der Waals surface area contributed by atoms with Gasteiger partial charge in [0.25, 0.3) is 0 Å². The second kappa shape index (κ2) is 7.68. The van der Waals surface area contributed by atoms with Crippen LogP contribution in [0, 0.1) is 6.92 Å². The Morgan fingerprint density at radius 2 is 1.85 bits per heavy atom. The second-order valence-electron chi connectivity index (χ2n) is 6.61. The molecule has 1 aromatic carbocycles. The molecule has 20 heavy (non-hydrogen) atoms. The molecule has 1 rings (SSSR count). The zero-order valence-corrected chi connectivity index (χ0v) is 13.9. The van der Waals surface area contributed by atoms with Crippen molar-refractivity contribution in [2.45, 2.75) is 65.7 Å². The van der Waals surface area contributed by atoms with Gasteiger partial charge in [0.05, 0.1) is 6.61 Å². The zero-order valence-electron chi connectivity index (χ0n) is 13.9. The maximum absolute atomic E-state index is 5.94. The SMILES string of the molecule is CCCOc1cc(CCCCN)cc(C(C)(C)C)c1C. The lowest BCUT2D eigenvalue weighted by Crippen LogP contribution is -2.15. The van der Waals surface area contributed by atoms with E-state index in [1.807, 2.05) is 0 Å². The summed E-state index contributed by atoms with van der Waals surface area (Å²) in [6, 6.07) is 4.57. The highest BCUT2D eigenvalue weighted by Crippen LogP contribution is 2.33. The van der Waals surface area contributed by atoms with Gasteiger partial charge in [0.15, 0.2) is 0 Å². The van der Waals surface area contributed by atoms with Crippen LogP contribution in [0.5, 0.6) is 5.75 Å². The quantitative estimate of drug-likeness (QED) is 0.751. The predicted molar refractivity (Wildman–Crippen MR) is 87.7 cm³/mol. The molecule has 0 aliphatic heterocycles. The Morgan fingerprint density at radius 1 is 1.15 bits per heavy atom. The third kappa shape index (κ3) is 4.82. The molecule has 0 bridgehead atoms. The molecule has 0 aliphatic rings. The number of benzene rings is 1. The van der Waals surface area contributed by atoms with Crippen LogP contribution in [-0.2, 0) is 11.8 Å². The molecule has 0 radical (unpaired) electrons. The Hall–Kier alpha value is -1.02. The van der Waals surface area contributed by atoms with Crippen LogP contribution >= 0.6 is 0 Å². The molecule has 0 aliphatic carbocycles. The number of nitrogens with two attached hydrogens (primary N) is 1. The standard InChI is InChI=1S/C18H31NO/c1-6-11-20-17-13-15(9-7-8-10-19)12-16(14(17)2)18(3,4)5/h12-13H,6-11,19H2,1-5H3. The molecule has 0 unspecified atom stereocenters. The molecule has 2 nitrogen and oxygen atoms in total. The molecular formula is C18H31NO. The molecular weight excluding hydrogens is 246 g/mol. The van der Waals surface area contributed by atoms with E-state index in [4.69, 9.17) is 10.5 Å². The van der Waals surface area contributed by atoms with Crippen LogP contribution < -0.4 is 10.5 Å². The van der Waals surface area contributed by atoms with E-state index in [0.29, 0.717) is 0 Å². The van der Waals surface area contributed by atoms with E-state index < -0.39 is 0 Å². The minimum atomic E-state index is 0.151. The van der Waals surface area contributed by atoms with Gasteiger partial charge in [-0.3, -0.25) is 0 Å². The highest BCUT2D eigenvalue weighted by molar-refractivity contribution is 5.46. The first kappa shape index (κ1) is 17.0. The van der Waals surface area contributed by atoms with Crippen molar-refractivity contribution in [1.29, 1.82) is 0 Å². The van der Waals surface area contributed by atoms with Gasteiger partial charge in [-0.2, -0.15) is 0 Å². The van der Waals surface area contributed by atoms with E-state index in [2.05, 4.69) is 46.8 Å². The molecule has 114 valence electrons. The van der Waals surface area contributed by atoms with E-state index in [0.717, 1.165) is 44.6 Å². The van der Waals surface area contributed by atoms with Crippen LogP contribution in [0.4, 0.5) is 0 Å². The average Bonchev–Trinajstić information content (AvgIpc) is 2.37. The van der Waals surface area contributed by atoms with Crippen LogP contribution in [0.15, 0.2) is 12.1 Å². The number of hydrogen-bond donors (Lipinski definition) is 1. The number of unbranched alkanes of at least 4 members (excludes halogenated alkanes) is 1. The molecule has 0 spiro atoms. The monoisotopic (exact) mass is 277 g/mol. The molecule has 0 aromatic heterocycles. The van der Waals surface area contributed by atoms with Crippen molar-refractivity contribution in [1.82, 2.24) is 0 Å². The Balaban J connectivity index is 3.06. The van der Waals surface area contributed by atoms with Gasteiger partial charge in [0.1, 0.15) is 5.75 Å². The van der Waals surface area contributed by atoms with Crippen LogP contribution in [0.25, 0.3) is 0 Å². The fraction of sp³-hybridized carbons (Fsp3) is 0.667. The maximum atomic E-state index is 5.94. The maximum Gasteiger partial charge on any atom is 0.122 e. The molecule has 0 fully saturated rings. The molecule has 0 amide bonds. The van der Waals surface area contributed by atoms with Crippen molar-refractivity contribution in [2.24, 2.45) is 5.73 Å². The molecule has 0 heterocycles.